The van der Waals surface area contributed by atoms with E-state index in [-0.39, 0.29) is 12.6 Å². The molecule has 0 radical (unpaired) electrons. The fourth-order valence-corrected chi connectivity index (χ4v) is 3.16. The molecule has 108 valence electrons. The molecule has 0 saturated carbocycles. The summed E-state index contributed by atoms with van der Waals surface area (Å²) >= 11 is 3.44. The number of pyridine rings is 1. The van der Waals surface area contributed by atoms with Crippen molar-refractivity contribution in [1.82, 2.24) is 14.8 Å². The molecule has 0 spiro atoms. The Kier molecular flexibility index (Phi) is 3.66. The van der Waals surface area contributed by atoms with E-state index in [0.717, 1.165) is 29.0 Å². The van der Waals surface area contributed by atoms with E-state index in [4.69, 9.17) is 9.72 Å². The molecule has 1 aliphatic rings. The standard InChI is InChI=1S/C13H17BrN4O2/c1-8-7-20-4-3-18(8)10-5-9(6-19)12-11(15-10)13(14)16-17(12)2/h5,8,19H,3-4,6-7H2,1-2H3/t8-/m1/s1. The molecule has 0 bridgehead atoms. The number of ether oxygens (including phenoxy) is 1. The topological polar surface area (TPSA) is 63.4 Å². The number of aliphatic hydroxyl groups excluding tert-OH is 1. The van der Waals surface area contributed by atoms with Crippen LogP contribution in [0.4, 0.5) is 5.82 Å². The van der Waals surface area contributed by atoms with Gasteiger partial charge < -0.3 is 14.7 Å². The first-order chi connectivity index (χ1) is 9.61. The Bertz CT molecular complexity index is 643. The normalized spacial score (nSPS) is 19.8. The molecular weight excluding hydrogens is 324 g/mol. The molecule has 6 nitrogen and oxygen atoms in total. The highest BCUT2D eigenvalue weighted by Gasteiger charge is 2.23. The fraction of sp³-hybridized carbons (Fsp3) is 0.538. The predicted octanol–water partition coefficient (Wildman–Crippen LogP) is 1.45. The second-order valence-corrected chi connectivity index (χ2v) is 5.78. The highest BCUT2D eigenvalue weighted by atomic mass is 79.9. The van der Waals surface area contributed by atoms with Crippen molar-refractivity contribution in [2.45, 2.75) is 19.6 Å². The number of aromatic nitrogens is 3. The molecule has 1 saturated heterocycles. The quantitative estimate of drug-likeness (QED) is 0.896. The van der Waals surface area contributed by atoms with Crippen molar-refractivity contribution in [3.8, 4) is 0 Å². The van der Waals surface area contributed by atoms with E-state index in [9.17, 15) is 5.11 Å². The molecule has 3 heterocycles. The van der Waals surface area contributed by atoms with Gasteiger partial charge in [-0.3, -0.25) is 4.68 Å². The molecular formula is C13H17BrN4O2. The second-order valence-electron chi connectivity index (χ2n) is 5.03. The maximum Gasteiger partial charge on any atom is 0.154 e. The molecule has 20 heavy (non-hydrogen) atoms. The van der Waals surface area contributed by atoms with Crippen LogP contribution in [-0.4, -0.2) is 45.7 Å². The first kappa shape index (κ1) is 13.8. The summed E-state index contributed by atoms with van der Waals surface area (Å²) in [5.74, 6) is 0.867. The summed E-state index contributed by atoms with van der Waals surface area (Å²) in [6.45, 7) is 4.29. The number of hydrogen-bond donors (Lipinski definition) is 1. The fourth-order valence-electron chi connectivity index (χ4n) is 2.65. The van der Waals surface area contributed by atoms with Gasteiger partial charge in [0.1, 0.15) is 11.3 Å². The molecule has 1 N–H and O–H groups in total. The van der Waals surface area contributed by atoms with Gasteiger partial charge in [-0.25, -0.2) is 4.98 Å². The van der Waals surface area contributed by atoms with Crippen molar-refractivity contribution >= 4 is 32.8 Å². The smallest absolute Gasteiger partial charge is 0.154 e. The summed E-state index contributed by atoms with van der Waals surface area (Å²) in [5.41, 5.74) is 2.49. The summed E-state index contributed by atoms with van der Waals surface area (Å²) in [4.78, 5) is 6.92. The molecule has 2 aromatic heterocycles. The van der Waals surface area contributed by atoms with E-state index < -0.39 is 0 Å². The van der Waals surface area contributed by atoms with Gasteiger partial charge in [0.25, 0.3) is 0 Å². The number of halogens is 1. The third-order valence-corrected chi connectivity index (χ3v) is 4.18. The molecule has 3 rings (SSSR count). The number of morpholine rings is 1. The van der Waals surface area contributed by atoms with Gasteiger partial charge in [-0.1, -0.05) is 0 Å². The Balaban J connectivity index is 2.14. The molecule has 1 atom stereocenters. The Morgan fingerprint density at radius 3 is 3.05 bits per heavy atom. The lowest BCUT2D eigenvalue weighted by atomic mass is 10.2. The van der Waals surface area contributed by atoms with Gasteiger partial charge in [0.2, 0.25) is 0 Å². The number of hydrogen-bond acceptors (Lipinski definition) is 5. The Labute approximate surface area is 125 Å². The lowest BCUT2D eigenvalue weighted by molar-refractivity contribution is 0.0985. The predicted molar refractivity (Wildman–Crippen MR) is 79.8 cm³/mol. The van der Waals surface area contributed by atoms with Crippen molar-refractivity contribution in [2.75, 3.05) is 24.7 Å². The SMILES string of the molecule is C[C@@H]1COCCN1c1cc(CO)c2c(n1)c(Br)nn2C. The van der Waals surface area contributed by atoms with Crippen LogP contribution >= 0.6 is 15.9 Å². The number of fused-ring (bicyclic) bond motifs is 1. The largest absolute Gasteiger partial charge is 0.392 e. The van der Waals surface area contributed by atoms with Crippen LogP contribution in [0.5, 0.6) is 0 Å². The molecule has 0 aliphatic carbocycles. The molecule has 1 aliphatic heterocycles. The zero-order valence-corrected chi connectivity index (χ0v) is 13.1. The van der Waals surface area contributed by atoms with Gasteiger partial charge in [0, 0.05) is 19.2 Å². The third-order valence-electron chi connectivity index (χ3n) is 3.65. The molecule has 1 fully saturated rings. The van der Waals surface area contributed by atoms with E-state index in [1.165, 1.54) is 0 Å². The second kappa shape index (κ2) is 5.31. The van der Waals surface area contributed by atoms with Crippen LogP contribution in [0.3, 0.4) is 0 Å². The average Bonchev–Trinajstić information content (AvgIpc) is 2.74. The first-order valence-electron chi connectivity index (χ1n) is 6.59. The minimum Gasteiger partial charge on any atom is -0.392 e. The summed E-state index contributed by atoms with van der Waals surface area (Å²) in [6, 6.07) is 2.22. The van der Waals surface area contributed by atoms with Crippen LogP contribution in [0, 0.1) is 0 Å². The van der Waals surface area contributed by atoms with E-state index in [1.807, 2.05) is 13.1 Å². The summed E-state index contributed by atoms with van der Waals surface area (Å²) in [6.07, 6.45) is 0. The van der Waals surface area contributed by atoms with E-state index in [2.05, 4.69) is 32.9 Å². The lowest BCUT2D eigenvalue weighted by Crippen LogP contribution is -2.44. The van der Waals surface area contributed by atoms with Gasteiger partial charge in [-0.05, 0) is 28.9 Å². The van der Waals surface area contributed by atoms with Crippen LogP contribution in [0.25, 0.3) is 11.0 Å². The van der Waals surface area contributed by atoms with Crippen LogP contribution in [-0.2, 0) is 18.4 Å². The van der Waals surface area contributed by atoms with Crippen molar-refractivity contribution in [3.05, 3.63) is 16.2 Å². The van der Waals surface area contributed by atoms with Gasteiger partial charge in [0.05, 0.1) is 31.4 Å². The monoisotopic (exact) mass is 340 g/mol. The van der Waals surface area contributed by atoms with Crippen molar-refractivity contribution in [1.29, 1.82) is 0 Å². The van der Waals surface area contributed by atoms with E-state index >= 15 is 0 Å². The van der Waals surface area contributed by atoms with Crippen LogP contribution in [0.2, 0.25) is 0 Å². The first-order valence-corrected chi connectivity index (χ1v) is 7.38. The van der Waals surface area contributed by atoms with Gasteiger partial charge in [-0.15, -0.1) is 0 Å². The van der Waals surface area contributed by atoms with Gasteiger partial charge in [-0.2, -0.15) is 5.10 Å². The molecule has 7 heteroatoms. The third kappa shape index (κ3) is 2.19. The average molecular weight is 341 g/mol. The minimum atomic E-state index is -0.0310. The number of rotatable bonds is 2. The zero-order valence-electron chi connectivity index (χ0n) is 11.5. The number of nitrogens with zero attached hydrogens (tertiary/aromatic N) is 4. The van der Waals surface area contributed by atoms with Crippen molar-refractivity contribution < 1.29 is 9.84 Å². The Hall–Kier alpha value is -1.18. The van der Waals surface area contributed by atoms with E-state index in [0.29, 0.717) is 17.8 Å². The minimum absolute atomic E-state index is 0.0310. The van der Waals surface area contributed by atoms with Crippen LogP contribution in [0.1, 0.15) is 12.5 Å². The van der Waals surface area contributed by atoms with Crippen LogP contribution in [0.15, 0.2) is 10.7 Å². The maximum absolute atomic E-state index is 9.63. The Morgan fingerprint density at radius 1 is 1.55 bits per heavy atom. The van der Waals surface area contributed by atoms with Crippen molar-refractivity contribution in [3.63, 3.8) is 0 Å². The summed E-state index contributed by atoms with van der Waals surface area (Å²) in [5, 5.41) is 14.0. The number of aliphatic hydroxyl groups is 1. The Morgan fingerprint density at radius 2 is 2.35 bits per heavy atom. The highest BCUT2D eigenvalue weighted by Crippen LogP contribution is 2.29. The molecule has 0 unspecified atom stereocenters. The molecule has 2 aromatic rings. The maximum atomic E-state index is 9.63. The van der Waals surface area contributed by atoms with Gasteiger partial charge >= 0.3 is 0 Å². The molecule has 0 amide bonds. The lowest BCUT2D eigenvalue weighted by Gasteiger charge is -2.34. The number of aryl methyl sites for hydroxylation is 1. The number of anilines is 1. The van der Waals surface area contributed by atoms with Gasteiger partial charge in [0.15, 0.2) is 4.60 Å². The van der Waals surface area contributed by atoms with Crippen LogP contribution < -0.4 is 4.90 Å². The van der Waals surface area contributed by atoms with Crippen molar-refractivity contribution in [2.24, 2.45) is 7.05 Å². The molecule has 0 aromatic carbocycles. The highest BCUT2D eigenvalue weighted by molar-refractivity contribution is 9.10. The van der Waals surface area contributed by atoms with E-state index in [1.54, 1.807) is 4.68 Å². The summed E-state index contributed by atoms with van der Waals surface area (Å²) in [7, 11) is 1.85. The zero-order chi connectivity index (χ0) is 14.3. The summed E-state index contributed by atoms with van der Waals surface area (Å²) < 4.78 is 7.90.